The highest BCUT2D eigenvalue weighted by Crippen LogP contribution is 2.33. The zero-order chi connectivity index (χ0) is 14.7. The average molecular weight is 357 g/mol. The van der Waals surface area contributed by atoms with Gasteiger partial charge in [0.05, 0.1) is 11.1 Å². The van der Waals surface area contributed by atoms with Crippen LogP contribution in [-0.4, -0.2) is 6.54 Å². The quantitative estimate of drug-likeness (QED) is 0.789. The second kappa shape index (κ2) is 6.70. The third-order valence-electron chi connectivity index (χ3n) is 3.22. The molecule has 0 aliphatic carbocycles. The lowest BCUT2D eigenvalue weighted by molar-refractivity contribution is 0.606. The number of nitrogens with one attached hydrogen (secondary N) is 1. The summed E-state index contributed by atoms with van der Waals surface area (Å²) in [5.74, 6) is -0.190. The van der Waals surface area contributed by atoms with Crippen LogP contribution >= 0.6 is 27.5 Å². The van der Waals surface area contributed by atoms with Gasteiger partial charge in [0.2, 0.25) is 0 Å². The molecule has 106 valence electrons. The summed E-state index contributed by atoms with van der Waals surface area (Å²) in [5, 5.41) is 4.08. The Morgan fingerprint density at radius 1 is 1.30 bits per heavy atom. The zero-order valence-electron chi connectivity index (χ0n) is 11.4. The summed E-state index contributed by atoms with van der Waals surface area (Å²) in [6.45, 7) is 4.60. The lowest BCUT2D eigenvalue weighted by Gasteiger charge is -2.21. The molecule has 1 N–H and O–H groups in total. The first-order chi connectivity index (χ1) is 9.54. The van der Waals surface area contributed by atoms with Gasteiger partial charge in [0.15, 0.2) is 0 Å². The fraction of sp³-hybridized carbons (Fsp3) is 0.250. The van der Waals surface area contributed by atoms with Crippen molar-refractivity contribution in [2.45, 2.75) is 19.9 Å². The van der Waals surface area contributed by atoms with Crippen LogP contribution in [0.5, 0.6) is 0 Å². The van der Waals surface area contributed by atoms with Gasteiger partial charge in [-0.15, -0.1) is 0 Å². The Morgan fingerprint density at radius 3 is 2.70 bits per heavy atom. The van der Waals surface area contributed by atoms with Crippen molar-refractivity contribution >= 4 is 27.5 Å². The van der Waals surface area contributed by atoms with Gasteiger partial charge < -0.3 is 5.32 Å². The average Bonchev–Trinajstić information content (AvgIpc) is 2.43. The summed E-state index contributed by atoms with van der Waals surface area (Å²) >= 11 is 9.83. The zero-order valence-corrected chi connectivity index (χ0v) is 13.7. The second-order valence-electron chi connectivity index (χ2n) is 4.64. The van der Waals surface area contributed by atoms with Crippen molar-refractivity contribution in [3.63, 3.8) is 0 Å². The van der Waals surface area contributed by atoms with Crippen molar-refractivity contribution in [2.24, 2.45) is 0 Å². The molecule has 4 heteroatoms. The Hall–Kier alpha value is -0.900. The molecule has 2 aromatic rings. The summed E-state index contributed by atoms with van der Waals surface area (Å²) in [6, 6.07) is 11.0. The van der Waals surface area contributed by atoms with E-state index in [2.05, 4.69) is 21.2 Å². The number of aryl methyl sites for hydroxylation is 1. The molecule has 0 heterocycles. The van der Waals surface area contributed by atoms with Crippen molar-refractivity contribution in [3.8, 4) is 0 Å². The molecule has 0 aliphatic heterocycles. The van der Waals surface area contributed by atoms with E-state index in [9.17, 15) is 4.39 Å². The van der Waals surface area contributed by atoms with Gasteiger partial charge in [-0.2, -0.15) is 0 Å². The maximum Gasteiger partial charge on any atom is 0.126 e. The van der Waals surface area contributed by atoms with E-state index in [1.54, 1.807) is 13.0 Å². The first-order valence-electron chi connectivity index (χ1n) is 6.48. The van der Waals surface area contributed by atoms with Crippen LogP contribution in [0.1, 0.15) is 29.7 Å². The highest BCUT2D eigenvalue weighted by Gasteiger charge is 2.18. The van der Waals surface area contributed by atoms with Crippen molar-refractivity contribution in [1.82, 2.24) is 5.32 Å². The van der Waals surface area contributed by atoms with Crippen LogP contribution in [0.3, 0.4) is 0 Å². The van der Waals surface area contributed by atoms with E-state index in [0.717, 1.165) is 22.1 Å². The molecule has 0 bridgehead atoms. The van der Waals surface area contributed by atoms with Crippen LogP contribution in [0.4, 0.5) is 4.39 Å². The van der Waals surface area contributed by atoms with Gasteiger partial charge in [-0.1, -0.05) is 42.8 Å². The number of hydrogen-bond donors (Lipinski definition) is 1. The van der Waals surface area contributed by atoms with E-state index >= 15 is 0 Å². The van der Waals surface area contributed by atoms with E-state index in [1.165, 1.54) is 6.07 Å². The highest BCUT2D eigenvalue weighted by atomic mass is 79.9. The lowest BCUT2D eigenvalue weighted by Crippen LogP contribution is -2.22. The van der Waals surface area contributed by atoms with Crippen molar-refractivity contribution in [3.05, 3.63) is 68.4 Å². The molecule has 1 atom stereocenters. The molecular weight excluding hydrogens is 341 g/mol. The third kappa shape index (κ3) is 3.22. The van der Waals surface area contributed by atoms with Gasteiger partial charge in [-0.3, -0.25) is 0 Å². The fourth-order valence-corrected chi connectivity index (χ4v) is 2.82. The third-order valence-corrected chi connectivity index (χ3v) is 4.53. The molecule has 0 fully saturated rings. The molecule has 0 aromatic heterocycles. The fourth-order valence-electron chi connectivity index (χ4n) is 2.20. The van der Waals surface area contributed by atoms with Gasteiger partial charge in [0.25, 0.3) is 0 Å². The highest BCUT2D eigenvalue weighted by molar-refractivity contribution is 9.10. The predicted octanol–water partition coefficient (Wildman–Crippen LogP) is 5.25. The maximum absolute atomic E-state index is 13.4. The van der Waals surface area contributed by atoms with Crippen LogP contribution in [0.25, 0.3) is 0 Å². The first kappa shape index (κ1) is 15.5. The molecule has 0 radical (unpaired) electrons. The van der Waals surface area contributed by atoms with E-state index in [0.29, 0.717) is 10.6 Å². The minimum Gasteiger partial charge on any atom is -0.306 e. The van der Waals surface area contributed by atoms with E-state index in [1.807, 2.05) is 31.2 Å². The Kier molecular flexibility index (Phi) is 5.19. The number of hydrogen-bond acceptors (Lipinski definition) is 1. The molecule has 2 aromatic carbocycles. The Balaban J connectivity index is 2.50. The van der Waals surface area contributed by atoms with Crippen molar-refractivity contribution < 1.29 is 4.39 Å². The minimum absolute atomic E-state index is 0.0516. The van der Waals surface area contributed by atoms with Crippen LogP contribution in [-0.2, 0) is 0 Å². The van der Waals surface area contributed by atoms with Gasteiger partial charge in [0.1, 0.15) is 5.82 Å². The molecular formula is C16H16BrClFN. The van der Waals surface area contributed by atoms with Crippen LogP contribution in [0.15, 0.2) is 40.9 Å². The standard InChI is InChI=1S/C16H16BrClFN/c1-3-20-16(11-7-8-14(19)10(2)9-11)12-5-4-6-13(17)15(12)18/h4-9,16,20H,3H2,1-2H3. The molecule has 0 amide bonds. The van der Waals surface area contributed by atoms with Gasteiger partial charge in [0, 0.05) is 4.47 Å². The van der Waals surface area contributed by atoms with Gasteiger partial charge in [-0.25, -0.2) is 4.39 Å². The molecule has 1 nitrogen and oxygen atoms in total. The Labute approximate surface area is 132 Å². The predicted molar refractivity (Wildman–Crippen MR) is 85.8 cm³/mol. The first-order valence-corrected chi connectivity index (χ1v) is 7.65. The molecule has 0 saturated heterocycles. The SMILES string of the molecule is CCNC(c1ccc(F)c(C)c1)c1cccc(Br)c1Cl. The van der Waals surface area contributed by atoms with Crippen LogP contribution < -0.4 is 5.32 Å². The Morgan fingerprint density at radius 2 is 2.05 bits per heavy atom. The monoisotopic (exact) mass is 355 g/mol. The molecule has 20 heavy (non-hydrogen) atoms. The van der Waals surface area contributed by atoms with Crippen molar-refractivity contribution in [2.75, 3.05) is 6.54 Å². The summed E-state index contributed by atoms with van der Waals surface area (Å²) in [6.07, 6.45) is 0. The second-order valence-corrected chi connectivity index (χ2v) is 5.87. The van der Waals surface area contributed by atoms with E-state index < -0.39 is 0 Å². The summed E-state index contributed by atoms with van der Waals surface area (Å²) in [7, 11) is 0. The maximum atomic E-state index is 13.4. The lowest BCUT2D eigenvalue weighted by atomic mass is 9.97. The molecule has 0 aliphatic rings. The van der Waals surface area contributed by atoms with Gasteiger partial charge >= 0.3 is 0 Å². The molecule has 1 unspecified atom stereocenters. The smallest absolute Gasteiger partial charge is 0.126 e. The van der Waals surface area contributed by atoms with Gasteiger partial charge in [-0.05, 0) is 58.2 Å². The molecule has 0 saturated carbocycles. The minimum atomic E-state index is -0.190. The van der Waals surface area contributed by atoms with E-state index in [4.69, 9.17) is 11.6 Å². The van der Waals surface area contributed by atoms with Crippen LogP contribution in [0, 0.1) is 12.7 Å². The normalized spacial score (nSPS) is 12.4. The number of halogens is 3. The summed E-state index contributed by atoms with van der Waals surface area (Å²) in [5.41, 5.74) is 2.62. The summed E-state index contributed by atoms with van der Waals surface area (Å²) in [4.78, 5) is 0. The number of benzene rings is 2. The number of rotatable bonds is 4. The topological polar surface area (TPSA) is 12.0 Å². The van der Waals surface area contributed by atoms with E-state index in [-0.39, 0.29) is 11.9 Å². The van der Waals surface area contributed by atoms with Crippen LogP contribution in [0.2, 0.25) is 5.02 Å². The Bertz CT molecular complexity index is 615. The molecule has 0 spiro atoms. The largest absolute Gasteiger partial charge is 0.306 e. The summed E-state index contributed by atoms with van der Waals surface area (Å²) < 4.78 is 14.3. The molecule has 2 rings (SSSR count). The van der Waals surface area contributed by atoms with Crippen molar-refractivity contribution in [1.29, 1.82) is 0 Å².